The van der Waals surface area contributed by atoms with Gasteiger partial charge in [-0.2, -0.15) is 0 Å². The van der Waals surface area contributed by atoms with Crippen molar-refractivity contribution in [3.05, 3.63) is 24.2 Å². The molecule has 8 heteroatoms. The monoisotopic (exact) mass is 492 g/mol. The standard InChI is InChI=1S/C19H32N4O3.HI/c1-20-19(21-11-6-13-25-15-17-9-5-14-26-17)22-12-10-18(24)23-16-7-3-2-4-8-16;/h5,9,14,16H,2-4,6-8,10-13,15H2,1H3,(H,23,24)(H2,20,21,22);1H. The van der Waals surface area contributed by atoms with Crippen LogP contribution in [0.2, 0.25) is 0 Å². The Morgan fingerprint density at radius 3 is 2.74 bits per heavy atom. The molecule has 1 amide bonds. The zero-order valence-corrected chi connectivity index (χ0v) is 18.5. The minimum Gasteiger partial charge on any atom is -0.467 e. The van der Waals surface area contributed by atoms with Crippen LogP contribution < -0.4 is 16.0 Å². The zero-order chi connectivity index (χ0) is 18.5. The summed E-state index contributed by atoms with van der Waals surface area (Å²) in [5, 5.41) is 9.52. The second kappa shape index (κ2) is 14.7. The maximum atomic E-state index is 12.0. The number of amides is 1. The Kier molecular flexibility index (Phi) is 13.0. The average molecular weight is 492 g/mol. The lowest BCUT2D eigenvalue weighted by atomic mass is 9.95. The molecule has 1 aromatic heterocycles. The first-order chi connectivity index (χ1) is 12.8. The molecule has 1 aromatic rings. The highest BCUT2D eigenvalue weighted by atomic mass is 127. The predicted molar refractivity (Wildman–Crippen MR) is 117 cm³/mol. The smallest absolute Gasteiger partial charge is 0.221 e. The van der Waals surface area contributed by atoms with E-state index in [0.717, 1.165) is 31.6 Å². The molecule has 0 atom stereocenters. The first kappa shape index (κ1) is 23.7. The summed E-state index contributed by atoms with van der Waals surface area (Å²) in [6.45, 7) is 2.48. The van der Waals surface area contributed by atoms with Crippen molar-refractivity contribution in [1.82, 2.24) is 16.0 Å². The second-order valence-electron chi connectivity index (χ2n) is 6.56. The third-order valence-electron chi connectivity index (χ3n) is 4.42. The normalized spacial score (nSPS) is 15.1. The van der Waals surface area contributed by atoms with Crippen LogP contribution in [0, 0.1) is 0 Å². The Hall–Kier alpha value is -1.29. The predicted octanol–water partition coefficient (Wildman–Crippen LogP) is 2.81. The number of nitrogens with one attached hydrogen (secondary N) is 3. The van der Waals surface area contributed by atoms with Gasteiger partial charge in [-0.1, -0.05) is 19.3 Å². The van der Waals surface area contributed by atoms with Gasteiger partial charge in [0.15, 0.2) is 5.96 Å². The Morgan fingerprint density at radius 1 is 1.26 bits per heavy atom. The number of aliphatic imine (C=N–C) groups is 1. The lowest BCUT2D eigenvalue weighted by Gasteiger charge is -2.22. The van der Waals surface area contributed by atoms with Gasteiger partial charge in [0.2, 0.25) is 5.91 Å². The molecule has 154 valence electrons. The third-order valence-corrected chi connectivity index (χ3v) is 4.42. The van der Waals surface area contributed by atoms with Crippen molar-refractivity contribution < 1.29 is 13.9 Å². The van der Waals surface area contributed by atoms with E-state index < -0.39 is 0 Å². The quantitative estimate of drug-likeness (QED) is 0.202. The summed E-state index contributed by atoms with van der Waals surface area (Å²) in [7, 11) is 1.73. The number of hydrogen-bond donors (Lipinski definition) is 3. The third kappa shape index (κ3) is 10.6. The van der Waals surface area contributed by atoms with Crippen LogP contribution in [0.5, 0.6) is 0 Å². The number of carbonyl (C=O) groups excluding carboxylic acids is 1. The van der Waals surface area contributed by atoms with E-state index in [2.05, 4.69) is 20.9 Å². The maximum absolute atomic E-state index is 12.0. The second-order valence-corrected chi connectivity index (χ2v) is 6.56. The summed E-state index contributed by atoms with van der Waals surface area (Å²) in [5.41, 5.74) is 0. The number of nitrogens with zero attached hydrogens (tertiary/aromatic N) is 1. The van der Waals surface area contributed by atoms with E-state index in [-0.39, 0.29) is 29.9 Å². The molecule has 1 saturated carbocycles. The minimum atomic E-state index is 0. The van der Waals surface area contributed by atoms with E-state index in [9.17, 15) is 4.79 Å². The largest absolute Gasteiger partial charge is 0.467 e. The summed E-state index contributed by atoms with van der Waals surface area (Å²) < 4.78 is 10.7. The van der Waals surface area contributed by atoms with E-state index in [1.807, 2.05) is 12.1 Å². The SMILES string of the molecule is CN=C(NCCCOCc1ccco1)NCCC(=O)NC1CCCCC1.I. The van der Waals surface area contributed by atoms with Gasteiger partial charge < -0.3 is 25.1 Å². The van der Waals surface area contributed by atoms with Crippen molar-refractivity contribution in [2.24, 2.45) is 4.99 Å². The fraction of sp³-hybridized carbons (Fsp3) is 0.684. The van der Waals surface area contributed by atoms with Gasteiger partial charge in [0, 0.05) is 39.2 Å². The summed E-state index contributed by atoms with van der Waals surface area (Å²) in [5.74, 6) is 1.66. The molecular weight excluding hydrogens is 459 g/mol. The molecule has 27 heavy (non-hydrogen) atoms. The molecule has 0 spiro atoms. The summed E-state index contributed by atoms with van der Waals surface area (Å²) >= 11 is 0. The lowest BCUT2D eigenvalue weighted by molar-refractivity contribution is -0.121. The van der Waals surface area contributed by atoms with E-state index in [0.29, 0.717) is 38.2 Å². The average Bonchev–Trinajstić information content (AvgIpc) is 3.17. The van der Waals surface area contributed by atoms with Crippen LogP contribution in [0.1, 0.15) is 50.7 Å². The Labute approximate surface area is 179 Å². The Balaban J connectivity index is 0.00000364. The van der Waals surface area contributed by atoms with E-state index in [1.54, 1.807) is 13.3 Å². The van der Waals surface area contributed by atoms with Gasteiger partial charge in [0.1, 0.15) is 12.4 Å². The molecule has 3 N–H and O–H groups in total. The molecule has 0 unspecified atom stereocenters. The molecule has 1 aliphatic carbocycles. The number of halogens is 1. The van der Waals surface area contributed by atoms with Crippen molar-refractivity contribution in [2.45, 2.75) is 57.6 Å². The van der Waals surface area contributed by atoms with E-state index in [4.69, 9.17) is 9.15 Å². The van der Waals surface area contributed by atoms with Crippen LogP contribution in [0.4, 0.5) is 0 Å². The highest BCUT2D eigenvalue weighted by molar-refractivity contribution is 14.0. The molecule has 0 aromatic carbocycles. The minimum absolute atomic E-state index is 0. The maximum Gasteiger partial charge on any atom is 0.221 e. The topological polar surface area (TPSA) is 87.9 Å². The number of rotatable bonds is 10. The lowest BCUT2D eigenvalue weighted by Crippen LogP contribution is -2.41. The molecule has 0 aliphatic heterocycles. The van der Waals surface area contributed by atoms with Crippen LogP contribution in [-0.4, -0.2) is 44.7 Å². The Morgan fingerprint density at radius 2 is 2.04 bits per heavy atom. The number of ether oxygens (including phenoxy) is 1. The summed E-state index contributed by atoms with van der Waals surface area (Å²) in [6, 6.07) is 4.12. The van der Waals surface area contributed by atoms with Crippen molar-refractivity contribution in [2.75, 3.05) is 26.7 Å². The fourth-order valence-corrected chi connectivity index (χ4v) is 3.01. The van der Waals surface area contributed by atoms with Crippen molar-refractivity contribution in [3.8, 4) is 0 Å². The molecule has 1 heterocycles. The van der Waals surface area contributed by atoms with Crippen LogP contribution in [0.3, 0.4) is 0 Å². The van der Waals surface area contributed by atoms with Gasteiger partial charge in [0.25, 0.3) is 0 Å². The highest BCUT2D eigenvalue weighted by Gasteiger charge is 2.15. The Bertz CT molecular complexity index is 531. The highest BCUT2D eigenvalue weighted by Crippen LogP contribution is 2.17. The van der Waals surface area contributed by atoms with Crippen molar-refractivity contribution in [3.63, 3.8) is 0 Å². The van der Waals surface area contributed by atoms with Gasteiger partial charge in [0.05, 0.1) is 6.26 Å². The summed E-state index contributed by atoms with van der Waals surface area (Å²) in [4.78, 5) is 16.1. The van der Waals surface area contributed by atoms with Crippen molar-refractivity contribution in [1.29, 1.82) is 0 Å². The molecule has 0 bridgehead atoms. The van der Waals surface area contributed by atoms with Crippen LogP contribution in [0.15, 0.2) is 27.8 Å². The van der Waals surface area contributed by atoms with Gasteiger partial charge >= 0.3 is 0 Å². The fourth-order valence-electron chi connectivity index (χ4n) is 3.01. The first-order valence-electron chi connectivity index (χ1n) is 9.62. The first-order valence-corrected chi connectivity index (χ1v) is 9.62. The van der Waals surface area contributed by atoms with Crippen LogP contribution in [-0.2, 0) is 16.1 Å². The molecular formula is C19H33IN4O3. The number of guanidine groups is 1. The molecule has 7 nitrogen and oxygen atoms in total. The number of furan rings is 1. The summed E-state index contributed by atoms with van der Waals surface area (Å²) in [6.07, 6.45) is 8.95. The van der Waals surface area contributed by atoms with E-state index >= 15 is 0 Å². The zero-order valence-electron chi connectivity index (χ0n) is 16.2. The van der Waals surface area contributed by atoms with Crippen LogP contribution >= 0.6 is 24.0 Å². The molecule has 1 fully saturated rings. The molecule has 0 radical (unpaired) electrons. The van der Waals surface area contributed by atoms with E-state index in [1.165, 1.54) is 19.3 Å². The van der Waals surface area contributed by atoms with Gasteiger partial charge in [-0.25, -0.2) is 0 Å². The molecule has 2 rings (SSSR count). The van der Waals surface area contributed by atoms with Crippen LogP contribution in [0.25, 0.3) is 0 Å². The molecule has 0 saturated heterocycles. The van der Waals surface area contributed by atoms with Gasteiger partial charge in [-0.15, -0.1) is 24.0 Å². The molecule has 1 aliphatic rings. The number of carbonyl (C=O) groups is 1. The number of hydrogen-bond acceptors (Lipinski definition) is 4. The van der Waals surface area contributed by atoms with Gasteiger partial charge in [-0.3, -0.25) is 9.79 Å². The van der Waals surface area contributed by atoms with Gasteiger partial charge in [-0.05, 0) is 31.4 Å². The van der Waals surface area contributed by atoms with Crippen molar-refractivity contribution >= 4 is 35.8 Å².